The number of ether oxygens (including phenoxy) is 2. The molecule has 0 N–H and O–H groups in total. The summed E-state index contributed by atoms with van der Waals surface area (Å²) in [6.45, 7) is 5.78. The van der Waals surface area contributed by atoms with Crippen molar-refractivity contribution in [2.75, 3.05) is 13.2 Å². The summed E-state index contributed by atoms with van der Waals surface area (Å²) in [5.74, 6) is -0.229. The first-order chi connectivity index (χ1) is 5.33. The third-order valence-electron chi connectivity index (χ3n) is 2.26. The fourth-order valence-corrected chi connectivity index (χ4v) is 1.58. The van der Waals surface area contributed by atoms with Gasteiger partial charge in [-0.2, -0.15) is 0 Å². The van der Waals surface area contributed by atoms with E-state index in [4.69, 9.17) is 9.47 Å². The molecule has 1 atom stereocenters. The van der Waals surface area contributed by atoms with Gasteiger partial charge in [0, 0.05) is 13.0 Å². The summed E-state index contributed by atoms with van der Waals surface area (Å²) in [6, 6.07) is 0. The maximum Gasteiger partial charge on any atom is 0.167 e. The Balaban J connectivity index is 2.42. The standard InChI is InChI=1S/C9H18O2/c1-3-9(10-4-2)7-5-6-8-11-9/h3-8H2,1-2H3. The summed E-state index contributed by atoms with van der Waals surface area (Å²) in [7, 11) is 0. The summed E-state index contributed by atoms with van der Waals surface area (Å²) in [4.78, 5) is 0. The molecular weight excluding hydrogens is 140 g/mol. The van der Waals surface area contributed by atoms with E-state index in [1.165, 1.54) is 12.8 Å². The quantitative estimate of drug-likeness (QED) is 0.627. The van der Waals surface area contributed by atoms with Crippen molar-refractivity contribution >= 4 is 0 Å². The van der Waals surface area contributed by atoms with Gasteiger partial charge in [-0.1, -0.05) is 6.92 Å². The maximum atomic E-state index is 5.63. The van der Waals surface area contributed by atoms with E-state index < -0.39 is 0 Å². The molecule has 1 heterocycles. The van der Waals surface area contributed by atoms with Crippen LogP contribution < -0.4 is 0 Å². The highest BCUT2D eigenvalue weighted by Crippen LogP contribution is 2.28. The number of hydrogen-bond acceptors (Lipinski definition) is 2. The molecule has 1 unspecified atom stereocenters. The van der Waals surface area contributed by atoms with Crippen LogP contribution in [0.15, 0.2) is 0 Å². The SMILES string of the molecule is CCOC1(CC)CCCCO1. The Morgan fingerprint density at radius 2 is 2.18 bits per heavy atom. The van der Waals surface area contributed by atoms with Crippen LogP contribution >= 0.6 is 0 Å². The van der Waals surface area contributed by atoms with Crippen molar-refractivity contribution in [3.05, 3.63) is 0 Å². The highest BCUT2D eigenvalue weighted by Gasteiger charge is 2.31. The van der Waals surface area contributed by atoms with Crippen molar-refractivity contribution in [1.29, 1.82) is 0 Å². The van der Waals surface area contributed by atoms with E-state index in [1.54, 1.807) is 0 Å². The molecule has 0 amide bonds. The van der Waals surface area contributed by atoms with Crippen LogP contribution in [0.4, 0.5) is 0 Å². The molecule has 1 fully saturated rings. The predicted octanol–water partition coefficient (Wildman–Crippen LogP) is 2.33. The van der Waals surface area contributed by atoms with Gasteiger partial charge in [-0.05, 0) is 26.2 Å². The van der Waals surface area contributed by atoms with Crippen molar-refractivity contribution in [2.24, 2.45) is 0 Å². The van der Waals surface area contributed by atoms with Crippen LogP contribution in [0, 0.1) is 0 Å². The van der Waals surface area contributed by atoms with Crippen LogP contribution in [0.5, 0.6) is 0 Å². The van der Waals surface area contributed by atoms with Crippen LogP contribution in [0.25, 0.3) is 0 Å². The molecule has 0 aromatic heterocycles. The average molecular weight is 158 g/mol. The Labute approximate surface area is 68.9 Å². The molecule has 0 aliphatic carbocycles. The molecule has 1 aliphatic heterocycles. The Kier molecular flexibility index (Phi) is 3.34. The minimum atomic E-state index is -0.229. The van der Waals surface area contributed by atoms with Crippen molar-refractivity contribution < 1.29 is 9.47 Å². The molecule has 0 saturated carbocycles. The molecule has 1 saturated heterocycles. The summed E-state index contributed by atoms with van der Waals surface area (Å²) >= 11 is 0. The number of hydrogen-bond donors (Lipinski definition) is 0. The normalized spacial score (nSPS) is 32.2. The Bertz CT molecular complexity index is 101. The van der Waals surface area contributed by atoms with Crippen LogP contribution in [0.1, 0.15) is 39.5 Å². The lowest BCUT2D eigenvalue weighted by atomic mass is 10.0. The van der Waals surface area contributed by atoms with Gasteiger partial charge in [0.1, 0.15) is 0 Å². The zero-order chi connectivity index (χ0) is 8.16. The van der Waals surface area contributed by atoms with Crippen molar-refractivity contribution in [2.45, 2.75) is 45.3 Å². The molecule has 0 radical (unpaired) electrons. The lowest BCUT2D eigenvalue weighted by Gasteiger charge is -2.35. The molecule has 11 heavy (non-hydrogen) atoms. The predicted molar refractivity (Wildman–Crippen MR) is 44.5 cm³/mol. The minimum Gasteiger partial charge on any atom is -0.350 e. The molecule has 0 aromatic carbocycles. The molecule has 1 aliphatic rings. The molecular formula is C9H18O2. The number of rotatable bonds is 3. The first kappa shape index (κ1) is 9.01. The van der Waals surface area contributed by atoms with Crippen molar-refractivity contribution in [3.63, 3.8) is 0 Å². The molecule has 0 bridgehead atoms. The van der Waals surface area contributed by atoms with Crippen molar-refractivity contribution in [1.82, 2.24) is 0 Å². The van der Waals surface area contributed by atoms with E-state index in [1.807, 2.05) is 6.92 Å². The summed E-state index contributed by atoms with van der Waals surface area (Å²) in [5, 5.41) is 0. The average Bonchev–Trinajstić information content (AvgIpc) is 2.07. The van der Waals surface area contributed by atoms with Gasteiger partial charge < -0.3 is 9.47 Å². The van der Waals surface area contributed by atoms with Gasteiger partial charge in [-0.15, -0.1) is 0 Å². The second-order valence-electron chi connectivity index (χ2n) is 3.00. The third kappa shape index (κ3) is 2.17. The molecule has 0 spiro atoms. The molecule has 1 rings (SSSR count). The fourth-order valence-electron chi connectivity index (χ4n) is 1.58. The third-order valence-corrected chi connectivity index (χ3v) is 2.26. The first-order valence-electron chi connectivity index (χ1n) is 4.61. The highest BCUT2D eigenvalue weighted by atomic mass is 16.7. The summed E-state index contributed by atoms with van der Waals surface area (Å²) in [6.07, 6.45) is 4.47. The zero-order valence-electron chi connectivity index (χ0n) is 7.56. The van der Waals surface area contributed by atoms with Crippen LogP contribution in [-0.4, -0.2) is 19.0 Å². The van der Waals surface area contributed by atoms with Crippen LogP contribution in [0.3, 0.4) is 0 Å². The lowest BCUT2D eigenvalue weighted by molar-refractivity contribution is -0.254. The largest absolute Gasteiger partial charge is 0.350 e. The zero-order valence-corrected chi connectivity index (χ0v) is 7.56. The minimum absolute atomic E-state index is 0.229. The van der Waals surface area contributed by atoms with E-state index in [2.05, 4.69) is 6.92 Å². The second kappa shape index (κ2) is 4.07. The van der Waals surface area contributed by atoms with Gasteiger partial charge in [0.05, 0.1) is 6.61 Å². The second-order valence-corrected chi connectivity index (χ2v) is 3.00. The smallest absolute Gasteiger partial charge is 0.167 e. The van der Waals surface area contributed by atoms with Gasteiger partial charge in [0.15, 0.2) is 5.79 Å². The van der Waals surface area contributed by atoms with E-state index in [0.29, 0.717) is 0 Å². The summed E-state index contributed by atoms with van der Waals surface area (Å²) in [5.41, 5.74) is 0. The lowest BCUT2D eigenvalue weighted by Crippen LogP contribution is -2.38. The van der Waals surface area contributed by atoms with Crippen molar-refractivity contribution in [3.8, 4) is 0 Å². The van der Waals surface area contributed by atoms with Gasteiger partial charge in [0.2, 0.25) is 0 Å². The van der Waals surface area contributed by atoms with Crippen LogP contribution in [-0.2, 0) is 9.47 Å². The molecule has 2 heteroatoms. The Hall–Kier alpha value is -0.0800. The van der Waals surface area contributed by atoms with Gasteiger partial charge >= 0.3 is 0 Å². The maximum absolute atomic E-state index is 5.63. The van der Waals surface area contributed by atoms with Gasteiger partial charge in [-0.25, -0.2) is 0 Å². The van der Waals surface area contributed by atoms with Crippen LogP contribution in [0.2, 0.25) is 0 Å². The van der Waals surface area contributed by atoms with E-state index >= 15 is 0 Å². The van der Waals surface area contributed by atoms with Gasteiger partial charge in [-0.3, -0.25) is 0 Å². The Morgan fingerprint density at radius 3 is 2.64 bits per heavy atom. The van der Waals surface area contributed by atoms with E-state index in [9.17, 15) is 0 Å². The fraction of sp³-hybridized carbons (Fsp3) is 1.00. The highest BCUT2D eigenvalue weighted by molar-refractivity contribution is 4.71. The van der Waals surface area contributed by atoms with E-state index in [0.717, 1.165) is 26.1 Å². The topological polar surface area (TPSA) is 18.5 Å². The summed E-state index contributed by atoms with van der Waals surface area (Å²) < 4.78 is 11.2. The Morgan fingerprint density at radius 1 is 1.36 bits per heavy atom. The monoisotopic (exact) mass is 158 g/mol. The first-order valence-corrected chi connectivity index (χ1v) is 4.61. The molecule has 2 nitrogen and oxygen atoms in total. The van der Waals surface area contributed by atoms with Gasteiger partial charge in [0.25, 0.3) is 0 Å². The molecule has 66 valence electrons. The molecule has 0 aromatic rings. The van der Waals surface area contributed by atoms with E-state index in [-0.39, 0.29) is 5.79 Å².